The molecule has 11 nitrogen and oxygen atoms in total. The SMILES string of the molecule is C[C@@H]1CN([C@H](C)CO)C(=O)c2cc(NC(=O)CCCN(C)C)ccc2O[C@@H](C)CCCCO[C@H]1CN(C)C(=O)Nc1ccc(F)cc1. The van der Waals surface area contributed by atoms with Crippen molar-refractivity contribution in [3.8, 4) is 5.75 Å². The molecule has 0 fully saturated rings. The molecule has 4 amide bonds. The fraction of sp³-hybridized carbons (Fsp3) is 0.571. The molecule has 1 heterocycles. The van der Waals surface area contributed by atoms with Crippen LogP contribution < -0.4 is 15.4 Å². The zero-order chi connectivity index (χ0) is 34.5. The van der Waals surface area contributed by atoms with Crippen molar-refractivity contribution in [2.24, 2.45) is 5.92 Å². The van der Waals surface area contributed by atoms with E-state index in [0.29, 0.717) is 42.1 Å². The predicted octanol–water partition coefficient (Wildman–Crippen LogP) is 5.07. The standard InChI is InChI=1S/C35H52FN5O6/c1-24-21-41(25(2)23-42)34(44)30-20-29(37-33(43)11-9-18-39(4)5)16-17-31(30)47-26(3)10-7-8-19-46-32(24)22-40(6)35(45)38-28-14-12-27(36)13-15-28/h12-17,20,24-26,32,42H,7-11,18-19,21-23H2,1-6H3,(H,37,43)(H,38,45)/t24-,25-,26+,32+/m1/s1. The summed E-state index contributed by atoms with van der Waals surface area (Å²) in [6, 6.07) is 9.73. The molecule has 0 saturated carbocycles. The van der Waals surface area contributed by atoms with Crippen LogP contribution in [0.25, 0.3) is 0 Å². The number of ether oxygens (including phenoxy) is 2. The number of nitrogens with zero attached hydrogens (tertiary/aromatic N) is 3. The van der Waals surface area contributed by atoms with Crippen molar-refractivity contribution in [3.05, 3.63) is 53.8 Å². The molecule has 0 spiro atoms. The zero-order valence-corrected chi connectivity index (χ0v) is 28.6. The summed E-state index contributed by atoms with van der Waals surface area (Å²) in [4.78, 5) is 45.1. The molecule has 1 aliphatic rings. The summed E-state index contributed by atoms with van der Waals surface area (Å²) >= 11 is 0. The number of hydrogen-bond donors (Lipinski definition) is 3. The van der Waals surface area contributed by atoms with Crippen LogP contribution >= 0.6 is 0 Å². The van der Waals surface area contributed by atoms with Gasteiger partial charge in [-0.15, -0.1) is 0 Å². The van der Waals surface area contributed by atoms with Crippen LogP contribution in [0.5, 0.6) is 5.75 Å². The lowest BCUT2D eigenvalue weighted by atomic mass is 10.0. The first-order valence-corrected chi connectivity index (χ1v) is 16.4. The quantitative estimate of drug-likeness (QED) is 0.326. The van der Waals surface area contributed by atoms with Gasteiger partial charge in [-0.3, -0.25) is 9.59 Å². The smallest absolute Gasteiger partial charge is 0.321 e. The molecule has 0 aromatic heterocycles. The van der Waals surface area contributed by atoms with E-state index in [4.69, 9.17) is 9.47 Å². The van der Waals surface area contributed by atoms with E-state index in [2.05, 4.69) is 10.6 Å². The summed E-state index contributed by atoms with van der Waals surface area (Å²) in [7, 11) is 5.57. The molecule has 0 radical (unpaired) electrons. The van der Waals surface area contributed by atoms with Gasteiger partial charge in [0, 0.05) is 50.5 Å². The number of anilines is 2. The molecule has 0 aliphatic carbocycles. The fourth-order valence-corrected chi connectivity index (χ4v) is 5.35. The van der Waals surface area contributed by atoms with Crippen LogP contribution in [0, 0.1) is 11.7 Å². The Kier molecular flexibility index (Phi) is 14.9. The van der Waals surface area contributed by atoms with Gasteiger partial charge < -0.3 is 39.9 Å². The molecule has 0 unspecified atom stereocenters. The first kappa shape index (κ1) is 37.7. The third-order valence-electron chi connectivity index (χ3n) is 8.24. The molecule has 0 saturated heterocycles. The number of benzene rings is 2. The number of carbonyl (C=O) groups excluding carboxylic acids is 3. The van der Waals surface area contributed by atoms with Gasteiger partial charge in [0.15, 0.2) is 0 Å². The maximum atomic E-state index is 14.3. The van der Waals surface area contributed by atoms with Crippen LogP contribution in [0.15, 0.2) is 42.5 Å². The van der Waals surface area contributed by atoms with E-state index in [9.17, 15) is 23.9 Å². The molecule has 0 bridgehead atoms. The molecule has 47 heavy (non-hydrogen) atoms. The Morgan fingerprint density at radius 2 is 1.77 bits per heavy atom. The van der Waals surface area contributed by atoms with Crippen LogP contribution in [0.1, 0.15) is 63.2 Å². The molecule has 3 rings (SSSR count). The van der Waals surface area contributed by atoms with Crippen LogP contribution in [-0.2, 0) is 9.53 Å². The molecular weight excluding hydrogens is 605 g/mol. The number of amides is 4. The topological polar surface area (TPSA) is 124 Å². The minimum atomic E-state index is -0.535. The number of aliphatic hydroxyl groups excluding tert-OH is 1. The van der Waals surface area contributed by atoms with E-state index in [1.54, 1.807) is 37.1 Å². The Labute approximate surface area is 278 Å². The number of fused-ring (bicyclic) bond motifs is 1. The average Bonchev–Trinajstić information content (AvgIpc) is 3.03. The largest absolute Gasteiger partial charge is 0.490 e. The minimum Gasteiger partial charge on any atom is -0.490 e. The summed E-state index contributed by atoms with van der Waals surface area (Å²) in [6.45, 7) is 7.13. The van der Waals surface area contributed by atoms with Crippen molar-refractivity contribution in [2.45, 2.75) is 71.1 Å². The maximum absolute atomic E-state index is 14.3. The second-order valence-corrected chi connectivity index (χ2v) is 12.8. The Morgan fingerprint density at radius 1 is 1.06 bits per heavy atom. The summed E-state index contributed by atoms with van der Waals surface area (Å²) in [5, 5.41) is 15.9. The van der Waals surface area contributed by atoms with Crippen molar-refractivity contribution >= 4 is 29.2 Å². The van der Waals surface area contributed by atoms with E-state index in [1.807, 2.05) is 32.8 Å². The lowest BCUT2D eigenvalue weighted by Crippen LogP contribution is -2.48. The second kappa shape index (κ2) is 18.6. The van der Waals surface area contributed by atoms with Crippen molar-refractivity contribution in [3.63, 3.8) is 0 Å². The Bertz CT molecular complexity index is 1310. The van der Waals surface area contributed by atoms with Gasteiger partial charge >= 0.3 is 6.03 Å². The monoisotopic (exact) mass is 657 g/mol. The van der Waals surface area contributed by atoms with Gasteiger partial charge in [0.05, 0.1) is 30.4 Å². The normalized spacial score (nSPS) is 20.1. The molecule has 3 N–H and O–H groups in total. The third kappa shape index (κ3) is 12.1. The molecular formula is C35H52FN5O6. The van der Waals surface area contributed by atoms with E-state index in [1.165, 1.54) is 29.2 Å². The lowest BCUT2D eigenvalue weighted by molar-refractivity contribution is -0.116. The highest BCUT2D eigenvalue weighted by atomic mass is 19.1. The van der Waals surface area contributed by atoms with E-state index >= 15 is 0 Å². The van der Waals surface area contributed by atoms with Gasteiger partial charge in [-0.05, 0) is 103 Å². The summed E-state index contributed by atoms with van der Waals surface area (Å²) in [5.74, 6) is -0.703. The number of rotatable bonds is 10. The number of nitrogens with one attached hydrogen (secondary N) is 2. The Balaban J connectivity index is 1.86. The van der Waals surface area contributed by atoms with Crippen LogP contribution in [0.4, 0.5) is 20.6 Å². The van der Waals surface area contributed by atoms with Gasteiger partial charge in [-0.2, -0.15) is 0 Å². The molecule has 4 atom stereocenters. The van der Waals surface area contributed by atoms with E-state index in [0.717, 1.165) is 25.8 Å². The highest BCUT2D eigenvalue weighted by Crippen LogP contribution is 2.28. The first-order chi connectivity index (χ1) is 22.4. The molecule has 260 valence electrons. The molecule has 12 heteroatoms. The van der Waals surface area contributed by atoms with Crippen LogP contribution in [0.2, 0.25) is 0 Å². The molecule has 1 aliphatic heterocycles. The molecule has 2 aromatic carbocycles. The van der Waals surface area contributed by atoms with Crippen molar-refractivity contribution in [1.29, 1.82) is 0 Å². The predicted molar refractivity (Wildman–Crippen MR) is 181 cm³/mol. The number of likely N-dealkylation sites (N-methyl/N-ethyl adjacent to an activating group) is 1. The third-order valence-corrected chi connectivity index (χ3v) is 8.24. The van der Waals surface area contributed by atoms with Crippen LogP contribution in [0.3, 0.4) is 0 Å². The number of halogens is 1. The number of hydrogen-bond acceptors (Lipinski definition) is 7. The van der Waals surface area contributed by atoms with Gasteiger partial charge in [0.1, 0.15) is 11.6 Å². The maximum Gasteiger partial charge on any atom is 0.321 e. The molecule has 2 aromatic rings. The zero-order valence-electron chi connectivity index (χ0n) is 28.6. The van der Waals surface area contributed by atoms with E-state index in [-0.39, 0.29) is 49.6 Å². The van der Waals surface area contributed by atoms with Gasteiger partial charge in [-0.1, -0.05) is 6.92 Å². The van der Waals surface area contributed by atoms with Crippen molar-refractivity contribution < 1.29 is 33.4 Å². The second-order valence-electron chi connectivity index (χ2n) is 12.8. The van der Waals surface area contributed by atoms with E-state index < -0.39 is 18.0 Å². The highest BCUT2D eigenvalue weighted by Gasteiger charge is 2.31. The van der Waals surface area contributed by atoms with Crippen LogP contribution in [-0.4, -0.2) is 110 Å². The summed E-state index contributed by atoms with van der Waals surface area (Å²) in [5.41, 5.74) is 1.25. The Morgan fingerprint density at radius 3 is 2.45 bits per heavy atom. The van der Waals surface area contributed by atoms with Gasteiger partial charge in [0.2, 0.25) is 5.91 Å². The summed E-state index contributed by atoms with van der Waals surface area (Å²) < 4.78 is 25.9. The minimum absolute atomic E-state index is 0.142. The van der Waals surface area contributed by atoms with Crippen molar-refractivity contribution in [1.82, 2.24) is 14.7 Å². The lowest BCUT2D eigenvalue weighted by Gasteiger charge is -2.35. The summed E-state index contributed by atoms with van der Waals surface area (Å²) in [6.07, 6.45) is 2.79. The van der Waals surface area contributed by atoms with Gasteiger partial charge in [0.25, 0.3) is 5.91 Å². The first-order valence-electron chi connectivity index (χ1n) is 16.4. The average molecular weight is 658 g/mol. The number of aliphatic hydroxyl groups is 1. The number of urea groups is 1. The van der Waals surface area contributed by atoms with Crippen molar-refractivity contribution in [2.75, 3.05) is 64.6 Å². The van der Waals surface area contributed by atoms with Gasteiger partial charge in [-0.25, -0.2) is 9.18 Å². The fourth-order valence-electron chi connectivity index (χ4n) is 5.35. The Hall–Kier alpha value is -3.74. The highest BCUT2D eigenvalue weighted by molar-refractivity contribution is 5.99. The number of carbonyl (C=O) groups is 3.